The van der Waals surface area contributed by atoms with Crippen molar-refractivity contribution in [1.82, 2.24) is 4.98 Å². The highest BCUT2D eigenvalue weighted by atomic mass is 35.5. The van der Waals surface area contributed by atoms with Crippen molar-refractivity contribution >= 4 is 39.8 Å². The molecule has 0 aliphatic heterocycles. The van der Waals surface area contributed by atoms with Gasteiger partial charge in [0, 0.05) is 23.0 Å². The van der Waals surface area contributed by atoms with E-state index in [0.29, 0.717) is 17.2 Å². The molecule has 1 N–H and O–H groups in total. The van der Waals surface area contributed by atoms with Gasteiger partial charge < -0.3 is 10.1 Å². The summed E-state index contributed by atoms with van der Waals surface area (Å²) in [5.74, 6) is -0.333. The number of ether oxygens (including phenoxy) is 1. The van der Waals surface area contributed by atoms with Crippen LogP contribution in [0.1, 0.15) is 28.4 Å². The van der Waals surface area contributed by atoms with Crippen LogP contribution in [-0.2, 0) is 11.2 Å². The average Bonchev–Trinajstić information content (AvgIpc) is 2.90. The molecule has 4 aromatic carbocycles. The maximum Gasteiger partial charge on any atom is 0.338 e. The van der Waals surface area contributed by atoms with Crippen LogP contribution in [-0.4, -0.2) is 17.6 Å². The number of carbonyl (C=O) groups is 1. The Morgan fingerprint density at radius 3 is 2.44 bits per heavy atom. The first-order chi connectivity index (χ1) is 17.6. The summed E-state index contributed by atoms with van der Waals surface area (Å²) in [5, 5.41) is 5.07. The number of carbonyl (C=O) groups excluding carboxylic acids is 1. The molecule has 5 aromatic rings. The van der Waals surface area contributed by atoms with E-state index in [1.54, 1.807) is 19.1 Å². The summed E-state index contributed by atoms with van der Waals surface area (Å²) in [6.07, 6.45) is 2.68. The Bertz CT molecular complexity index is 1530. The molecule has 0 saturated heterocycles. The van der Waals surface area contributed by atoms with Crippen LogP contribution in [0.3, 0.4) is 0 Å². The second kappa shape index (κ2) is 10.6. The maximum absolute atomic E-state index is 12.2. The number of hydrogen-bond donors (Lipinski definition) is 1. The number of benzene rings is 4. The molecule has 0 unspecified atom stereocenters. The summed E-state index contributed by atoms with van der Waals surface area (Å²) in [6, 6.07) is 31.8. The van der Waals surface area contributed by atoms with E-state index in [2.05, 4.69) is 47.8 Å². The molecule has 0 aliphatic rings. The Morgan fingerprint density at radius 1 is 0.889 bits per heavy atom. The van der Waals surface area contributed by atoms with E-state index in [1.807, 2.05) is 48.7 Å². The highest BCUT2D eigenvalue weighted by Crippen LogP contribution is 2.36. The zero-order valence-electron chi connectivity index (χ0n) is 19.9. The van der Waals surface area contributed by atoms with Gasteiger partial charge in [-0.15, -0.1) is 0 Å². The van der Waals surface area contributed by atoms with Crippen molar-refractivity contribution in [3.63, 3.8) is 0 Å². The topological polar surface area (TPSA) is 51.2 Å². The monoisotopic (exact) mass is 492 g/mol. The SMILES string of the molecule is CCOC(=O)c1cccc(Nc2cccc(-c3c(Cc4ccccc4)cnc4c(Cl)cccc34)c2)c1. The fraction of sp³-hybridized carbons (Fsp3) is 0.0968. The van der Waals surface area contributed by atoms with Crippen molar-refractivity contribution in [1.29, 1.82) is 0 Å². The Balaban J connectivity index is 1.56. The third-order valence-electron chi connectivity index (χ3n) is 5.98. The van der Waals surface area contributed by atoms with Crippen molar-refractivity contribution < 1.29 is 9.53 Å². The van der Waals surface area contributed by atoms with Crippen molar-refractivity contribution in [3.8, 4) is 11.1 Å². The number of pyridine rings is 1. The van der Waals surface area contributed by atoms with Gasteiger partial charge in [0.1, 0.15) is 0 Å². The molecule has 0 atom stereocenters. The molecular formula is C31H25ClN2O2. The first-order valence-corrected chi connectivity index (χ1v) is 12.2. The van der Waals surface area contributed by atoms with Gasteiger partial charge in [-0.25, -0.2) is 4.79 Å². The van der Waals surface area contributed by atoms with E-state index in [-0.39, 0.29) is 5.97 Å². The third kappa shape index (κ3) is 5.09. The number of para-hydroxylation sites is 1. The molecule has 5 rings (SSSR count). The summed E-state index contributed by atoms with van der Waals surface area (Å²) in [7, 11) is 0. The molecule has 178 valence electrons. The number of halogens is 1. The number of anilines is 2. The number of aromatic nitrogens is 1. The molecule has 0 spiro atoms. The Labute approximate surface area is 215 Å². The lowest BCUT2D eigenvalue weighted by molar-refractivity contribution is 0.0526. The third-order valence-corrected chi connectivity index (χ3v) is 6.28. The van der Waals surface area contributed by atoms with Gasteiger partial charge in [0.15, 0.2) is 0 Å². The van der Waals surface area contributed by atoms with Crippen LogP contribution < -0.4 is 5.32 Å². The fourth-order valence-electron chi connectivity index (χ4n) is 4.38. The van der Waals surface area contributed by atoms with Crippen molar-refractivity contribution in [2.24, 2.45) is 0 Å². The number of nitrogens with zero attached hydrogens (tertiary/aromatic N) is 1. The van der Waals surface area contributed by atoms with Crippen molar-refractivity contribution in [3.05, 3.63) is 125 Å². The van der Waals surface area contributed by atoms with Gasteiger partial charge in [-0.1, -0.05) is 72.3 Å². The number of esters is 1. The second-order valence-corrected chi connectivity index (χ2v) is 8.87. The summed E-state index contributed by atoms with van der Waals surface area (Å²) < 4.78 is 5.14. The highest BCUT2D eigenvalue weighted by Gasteiger charge is 2.14. The van der Waals surface area contributed by atoms with Gasteiger partial charge in [0.25, 0.3) is 0 Å². The minimum absolute atomic E-state index is 0.333. The summed E-state index contributed by atoms with van der Waals surface area (Å²) in [5.41, 5.74) is 7.52. The van der Waals surface area contributed by atoms with Crippen LogP contribution in [0.15, 0.2) is 103 Å². The zero-order chi connectivity index (χ0) is 24.9. The number of rotatable bonds is 7. The second-order valence-electron chi connectivity index (χ2n) is 8.46. The van der Waals surface area contributed by atoms with Crippen LogP contribution in [0.4, 0.5) is 11.4 Å². The van der Waals surface area contributed by atoms with E-state index < -0.39 is 0 Å². The Kier molecular flexibility index (Phi) is 6.96. The molecule has 5 heteroatoms. The number of nitrogens with one attached hydrogen (secondary N) is 1. The molecule has 0 fully saturated rings. The number of fused-ring (bicyclic) bond motifs is 1. The minimum Gasteiger partial charge on any atom is -0.462 e. The van der Waals surface area contributed by atoms with Gasteiger partial charge in [-0.2, -0.15) is 0 Å². The number of hydrogen-bond acceptors (Lipinski definition) is 4. The van der Waals surface area contributed by atoms with Crippen molar-refractivity contribution in [2.75, 3.05) is 11.9 Å². The van der Waals surface area contributed by atoms with Crippen LogP contribution in [0, 0.1) is 0 Å². The molecule has 0 radical (unpaired) electrons. The smallest absolute Gasteiger partial charge is 0.338 e. The van der Waals surface area contributed by atoms with Gasteiger partial charge in [-0.05, 0) is 72.0 Å². The van der Waals surface area contributed by atoms with E-state index in [1.165, 1.54) is 5.56 Å². The first-order valence-electron chi connectivity index (χ1n) is 11.9. The molecule has 0 saturated carbocycles. The molecule has 4 nitrogen and oxygen atoms in total. The summed E-state index contributed by atoms with van der Waals surface area (Å²) in [4.78, 5) is 16.9. The van der Waals surface area contributed by atoms with E-state index >= 15 is 0 Å². The predicted molar refractivity (Wildman–Crippen MR) is 147 cm³/mol. The Morgan fingerprint density at radius 2 is 1.64 bits per heavy atom. The van der Waals surface area contributed by atoms with Crippen LogP contribution in [0.5, 0.6) is 0 Å². The minimum atomic E-state index is -0.333. The van der Waals surface area contributed by atoms with Gasteiger partial charge in [0.2, 0.25) is 0 Å². The lowest BCUT2D eigenvalue weighted by Crippen LogP contribution is -2.04. The van der Waals surface area contributed by atoms with E-state index in [9.17, 15) is 4.79 Å². The van der Waals surface area contributed by atoms with Gasteiger partial charge in [-0.3, -0.25) is 4.98 Å². The summed E-state index contributed by atoms with van der Waals surface area (Å²) >= 11 is 6.52. The molecule has 1 aromatic heterocycles. The van der Waals surface area contributed by atoms with E-state index in [4.69, 9.17) is 21.3 Å². The molecule has 36 heavy (non-hydrogen) atoms. The highest BCUT2D eigenvalue weighted by molar-refractivity contribution is 6.35. The first kappa shape index (κ1) is 23.6. The molecule has 0 amide bonds. The van der Waals surface area contributed by atoms with Crippen LogP contribution in [0.2, 0.25) is 5.02 Å². The Hall–Kier alpha value is -4.15. The molecular weight excluding hydrogens is 468 g/mol. The molecule has 0 aliphatic carbocycles. The van der Waals surface area contributed by atoms with Crippen molar-refractivity contribution in [2.45, 2.75) is 13.3 Å². The van der Waals surface area contributed by atoms with Crippen LogP contribution >= 0.6 is 11.6 Å². The van der Waals surface area contributed by atoms with Gasteiger partial charge >= 0.3 is 5.97 Å². The van der Waals surface area contributed by atoms with E-state index in [0.717, 1.165) is 45.4 Å². The van der Waals surface area contributed by atoms with Crippen LogP contribution in [0.25, 0.3) is 22.0 Å². The standard InChI is InChI=1S/C31H25ClN2O2/c1-2-36-31(35)23-12-7-14-26(19-23)34-25-13-6-11-22(18-25)29-24(17-21-9-4-3-5-10-21)20-33-30-27(29)15-8-16-28(30)32/h3-16,18-20,34H,2,17H2,1H3. The summed E-state index contributed by atoms with van der Waals surface area (Å²) in [6.45, 7) is 2.14. The predicted octanol–water partition coefficient (Wildman–Crippen LogP) is 8.07. The normalized spacial score (nSPS) is 10.8. The maximum atomic E-state index is 12.2. The quantitative estimate of drug-likeness (QED) is 0.233. The zero-order valence-corrected chi connectivity index (χ0v) is 20.6. The largest absolute Gasteiger partial charge is 0.462 e. The van der Waals surface area contributed by atoms with Gasteiger partial charge in [0.05, 0.1) is 22.7 Å². The molecule has 0 bridgehead atoms. The molecule has 1 heterocycles. The lowest BCUT2D eigenvalue weighted by atomic mass is 9.92. The lowest BCUT2D eigenvalue weighted by Gasteiger charge is -2.16. The average molecular weight is 493 g/mol. The fourth-order valence-corrected chi connectivity index (χ4v) is 4.60.